The van der Waals surface area contributed by atoms with Crippen molar-refractivity contribution in [3.8, 4) is 0 Å². The largest absolute Gasteiger partial charge is 0.361 e. The first kappa shape index (κ1) is 15.6. The maximum Gasteiger partial charge on any atom is 0.235 e. The summed E-state index contributed by atoms with van der Waals surface area (Å²) < 4.78 is 0. The number of carbonyl (C=O) groups excluding carboxylic acids is 2. The van der Waals surface area contributed by atoms with E-state index in [9.17, 15) is 9.59 Å². The van der Waals surface area contributed by atoms with Crippen LogP contribution in [0, 0.1) is 5.41 Å². The Bertz CT molecular complexity index is 729. The second-order valence-electron chi connectivity index (χ2n) is 6.74. The first-order valence-electron chi connectivity index (χ1n) is 8.13. The number of fused-ring (bicyclic) bond motifs is 1. The molecule has 2 aromatic rings. The lowest BCUT2D eigenvalue weighted by molar-refractivity contribution is -0.141. The van der Waals surface area contributed by atoms with Crippen molar-refractivity contribution in [2.75, 3.05) is 6.54 Å². The van der Waals surface area contributed by atoms with E-state index < -0.39 is 5.41 Å². The highest BCUT2D eigenvalue weighted by atomic mass is 16.2. The van der Waals surface area contributed by atoms with Crippen LogP contribution in [0.5, 0.6) is 0 Å². The molecule has 3 rings (SSSR count). The van der Waals surface area contributed by atoms with Gasteiger partial charge in [-0.25, -0.2) is 0 Å². The van der Waals surface area contributed by atoms with Crippen LogP contribution >= 0.6 is 0 Å². The number of para-hydroxylation sites is 1. The van der Waals surface area contributed by atoms with Crippen molar-refractivity contribution in [3.63, 3.8) is 0 Å². The third-order valence-electron chi connectivity index (χ3n) is 4.40. The maximum absolute atomic E-state index is 12.3. The first-order valence-corrected chi connectivity index (χ1v) is 8.13. The quantitative estimate of drug-likeness (QED) is 0.715. The van der Waals surface area contributed by atoms with E-state index in [2.05, 4.69) is 21.7 Å². The summed E-state index contributed by atoms with van der Waals surface area (Å²) in [6, 6.07) is 8.36. The molecule has 0 spiro atoms. The van der Waals surface area contributed by atoms with Crippen molar-refractivity contribution in [3.05, 3.63) is 36.0 Å². The predicted molar refractivity (Wildman–Crippen MR) is 90.0 cm³/mol. The van der Waals surface area contributed by atoms with Gasteiger partial charge in [0.1, 0.15) is 5.41 Å². The van der Waals surface area contributed by atoms with Gasteiger partial charge in [0, 0.05) is 29.7 Å². The van der Waals surface area contributed by atoms with Gasteiger partial charge >= 0.3 is 0 Å². The molecule has 1 saturated carbocycles. The van der Waals surface area contributed by atoms with Gasteiger partial charge in [0.05, 0.1) is 0 Å². The molecule has 0 atom stereocenters. The third kappa shape index (κ3) is 3.38. The van der Waals surface area contributed by atoms with E-state index in [4.69, 9.17) is 0 Å². The van der Waals surface area contributed by atoms with Crippen LogP contribution in [0.1, 0.15) is 32.3 Å². The van der Waals surface area contributed by atoms with Crippen molar-refractivity contribution in [1.29, 1.82) is 0 Å². The first-order chi connectivity index (χ1) is 11.0. The molecule has 23 heavy (non-hydrogen) atoms. The lowest BCUT2D eigenvalue weighted by Crippen LogP contribution is -2.48. The minimum absolute atomic E-state index is 0.190. The zero-order chi connectivity index (χ0) is 16.4. The summed E-state index contributed by atoms with van der Waals surface area (Å²) in [6.45, 7) is 3.86. The summed E-state index contributed by atoms with van der Waals surface area (Å²) in [4.78, 5) is 27.7. The molecule has 1 heterocycles. The molecule has 1 aromatic carbocycles. The van der Waals surface area contributed by atoms with E-state index in [0.29, 0.717) is 6.54 Å². The fourth-order valence-electron chi connectivity index (χ4n) is 2.57. The normalized spacial score (nSPS) is 14.7. The molecule has 0 saturated heterocycles. The molecule has 122 valence electrons. The Morgan fingerprint density at radius 1 is 1.22 bits per heavy atom. The van der Waals surface area contributed by atoms with Gasteiger partial charge in [0.25, 0.3) is 0 Å². The molecular weight excluding hydrogens is 290 g/mol. The highest BCUT2D eigenvalue weighted by Gasteiger charge is 2.38. The fraction of sp³-hybridized carbons (Fsp3) is 0.444. The minimum atomic E-state index is -1.04. The molecule has 1 fully saturated rings. The number of H-pyrrole nitrogens is 1. The molecule has 1 aliphatic carbocycles. The third-order valence-corrected chi connectivity index (χ3v) is 4.40. The summed E-state index contributed by atoms with van der Waals surface area (Å²) in [5.41, 5.74) is 1.22. The summed E-state index contributed by atoms with van der Waals surface area (Å²) in [5.74, 6) is -0.417. The summed E-state index contributed by atoms with van der Waals surface area (Å²) >= 11 is 0. The monoisotopic (exact) mass is 313 g/mol. The van der Waals surface area contributed by atoms with Crippen molar-refractivity contribution < 1.29 is 9.59 Å². The summed E-state index contributed by atoms with van der Waals surface area (Å²) in [5, 5.41) is 6.96. The van der Waals surface area contributed by atoms with E-state index in [0.717, 1.165) is 24.8 Å². The van der Waals surface area contributed by atoms with Gasteiger partial charge in [-0.15, -0.1) is 0 Å². The van der Waals surface area contributed by atoms with Crippen molar-refractivity contribution >= 4 is 22.7 Å². The predicted octanol–water partition coefficient (Wildman–Crippen LogP) is 2.13. The average Bonchev–Trinajstić information content (AvgIpc) is 3.26. The second kappa shape index (κ2) is 6.07. The van der Waals surface area contributed by atoms with Gasteiger partial charge in [0.15, 0.2) is 0 Å². The number of aromatic nitrogens is 1. The van der Waals surface area contributed by atoms with Crippen LogP contribution in [-0.2, 0) is 16.0 Å². The number of aromatic amines is 1. The number of benzene rings is 1. The number of amides is 2. The maximum atomic E-state index is 12.3. The Morgan fingerprint density at radius 2 is 1.96 bits per heavy atom. The van der Waals surface area contributed by atoms with Gasteiger partial charge in [-0.2, -0.15) is 0 Å². The van der Waals surface area contributed by atoms with Gasteiger partial charge < -0.3 is 15.6 Å². The Kier molecular flexibility index (Phi) is 4.11. The fourth-order valence-corrected chi connectivity index (χ4v) is 2.57. The van der Waals surface area contributed by atoms with E-state index in [1.54, 1.807) is 13.8 Å². The molecule has 5 nitrogen and oxygen atoms in total. The number of rotatable bonds is 6. The van der Waals surface area contributed by atoms with Gasteiger partial charge in [0.2, 0.25) is 11.8 Å². The molecule has 2 amide bonds. The molecule has 0 bridgehead atoms. The van der Waals surface area contributed by atoms with Crippen LogP contribution in [0.2, 0.25) is 0 Å². The molecular formula is C18H23N3O2. The van der Waals surface area contributed by atoms with E-state index in [1.165, 1.54) is 10.9 Å². The van der Waals surface area contributed by atoms with Crippen molar-refractivity contribution in [2.45, 2.75) is 39.2 Å². The van der Waals surface area contributed by atoms with Crippen LogP contribution in [0.15, 0.2) is 30.5 Å². The number of hydrogen-bond donors (Lipinski definition) is 3. The zero-order valence-corrected chi connectivity index (χ0v) is 13.6. The Hall–Kier alpha value is -2.30. The lowest BCUT2D eigenvalue weighted by atomic mass is 9.91. The van der Waals surface area contributed by atoms with Crippen LogP contribution in [0.25, 0.3) is 10.9 Å². The second-order valence-corrected chi connectivity index (χ2v) is 6.74. The molecule has 0 radical (unpaired) electrons. The Labute approximate surface area is 135 Å². The molecule has 1 aromatic heterocycles. The molecule has 0 aliphatic heterocycles. The number of nitrogens with one attached hydrogen (secondary N) is 3. The Morgan fingerprint density at radius 3 is 2.70 bits per heavy atom. The number of hydrogen-bond acceptors (Lipinski definition) is 2. The highest BCUT2D eigenvalue weighted by molar-refractivity contribution is 6.04. The summed E-state index contributed by atoms with van der Waals surface area (Å²) in [6.07, 6.45) is 4.74. The molecule has 5 heteroatoms. The van der Waals surface area contributed by atoms with E-state index in [-0.39, 0.29) is 17.9 Å². The van der Waals surface area contributed by atoms with Crippen molar-refractivity contribution in [1.82, 2.24) is 15.6 Å². The van der Waals surface area contributed by atoms with E-state index in [1.807, 2.05) is 24.4 Å². The summed E-state index contributed by atoms with van der Waals surface area (Å²) in [7, 11) is 0. The lowest BCUT2D eigenvalue weighted by Gasteiger charge is -2.22. The minimum Gasteiger partial charge on any atom is -0.361 e. The Balaban J connectivity index is 1.55. The topological polar surface area (TPSA) is 74.0 Å². The van der Waals surface area contributed by atoms with Gasteiger partial charge in [-0.05, 0) is 44.7 Å². The van der Waals surface area contributed by atoms with Crippen LogP contribution in [0.4, 0.5) is 0 Å². The SMILES string of the molecule is CC(C)(C(=O)NCCc1c[nH]c2ccccc12)C(=O)NC1CC1. The van der Waals surface area contributed by atoms with Gasteiger partial charge in [-0.3, -0.25) is 9.59 Å². The van der Waals surface area contributed by atoms with Crippen LogP contribution < -0.4 is 10.6 Å². The van der Waals surface area contributed by atoms with E-state index >= 15 is 0 Å². The van der Waals surface area contributed by atoms with Crippen LogP contribution in [-0.4, -0.2) is 29.4 Å². The molecule has 3 N–H and O–H groups in total. The molecule has 1 aliphatic rings. The van der Waals surface area contributed by atoms with Crippen LogP contribution in [0.3, 0.4) is 0 Å². The standard InChI is InChI=1S/C18H23N3O2/c1-18(2,17(23)21-13-7-8-13)16(22)19-10-9-12-11-20-15-6-4-3-5-14(12)15/h3-6,11,13,20H,7-10H2,1-2H3,(H,19,22)(H,21,23). The smallest absolute Gasteiger partial charge is 0.235 e. The molecule has 0 unspecified atom stereocenters. The zero-order valence-electron chi connectivity index (χ0n) is 13.6. The average molecular weight is 313 g/mol. The van der Waals surface area contributed by atoms with Crippen molar-refractivity contribution in [2.24, 2.45) is 5.41 Å². The highest BCUT2D eigenvalue weighted by Crippen LogP contribution is 2.23. The van der Waals surface area contributed by atoms with Gasteiger partial charge in [-0.1, -0.05) is 18.2 Å². The number of carbonyl (C=O) groups is 2.